The van der Waals surface area contributed by atoms with Gasteiger partial charge in [0.25, 0.3) is 0 Å². The molecule has 0 spiro atoms. The van der Waals surface area contributed by atoms with Crippen molar-refractivity contribution in [3.63, 3.8) is 0 Å². The van der Waals surface area contributed by atoms with Crippen LogP contribution < -0.4 is 5.32 Å². The highest BCUT2D eigenvalue weighted by Gasteiger charge is 2.14. The van der Waals surface area contributed by atoms with E-state index >= 15 is 0 Å². The van der Waals surface area contributed by atoms with Crippen LogP contribution in [0.25, 0.3) is 0 Å². The summed E-state index contributed by atoms with van der Waals surface area (Å²) in [5.74, 6) is -0.490. The van der Waals surface area contributed by atoms with E-state index in [1.165, 1.54) is 4.90 Å². The Labute approximate surface area is 104 Å². The highest BCUT2D eigenvalue weighted by Crippen LogP contribution is 1.93. The maximum absolute atomic E-state index is 11.6. The van der Waals surface area contributed by atoms with Gasteiger partial charge in [-0.05, 0) is 12.8 Å². The summed E-state index contributed by atoms with van der Waals surface area (Å²) in [5, 5.41) is 11.3. The smallest absolute Gasteiger partial charge is 0.323 e. The van der Waals surface area contributed by atoms with Crippen LogP contribution in [0.5, 0.6) is 0 Å². The van der Waals surface area contributed by atoms with E-state index in [0.717, 1.165) is 0 Å². The average molecular weight is 264 g/mol. The summed E-state index contributed by atoms with van der Waals surface area (Å²) in [4.78, 5) is 23.4. The third kappa shape index (κ3) is 8.67. The number of carboxylic acids is 1. The van der Waals surface area contributed by atoms with Gasteiger partial charge in [-0.15, -0.1) is 0 Å². The lowest BCUT2D eigenvalue weighted by atomic mass is 10.4. The number of carbonyl (C=O) groups is 2. The average Bonchev–Trinajstić information content (AvgIpc) is 2.22. The van der Waals surface area contributed by atoms with Crippen LogP contribution >= 0.6 is 0 Å². The zero-order valence-electron chi connectivity index (χ0n) is 10.3. The molecule has 0 saturated carbocycles. The summed E-state index contributed by atoms with van der Waals surface area (Å²) in [6, 6.07) is -0.379. The maximum atomic E-state index is 11.6. The van der Waals surface area contributed by atoms with Crippen LogP contribution in [-0.2, 0) is 15.6 Å². The third-order valence-corrected chi connectivity index (χ3v) is 2.86. The van der Waals surface area contributed by atoms with Gasteiger partial charge in [0.2, 0.25) is 0 Å². The predicted molar refractivity (Wildman–Crippen MR) is 66.4 cm³/mol. The molecule has 0 radical (unpaired) electrons. The van der Waals surface area contributed by atoms with Crippen molar-refractivity contribution in [3.05, 3.63) is 0 Å². The minimum atomic E-state index is -1.02. The molecule has 0 fully saturated rings. The number of hydrogen-bond acceptors (Lipinski definition) is 3. The molecule has 0 aromatic rings. The summed E-state index contributed by atoms with van der Waals surface area (Å²) >= 11 is 0. The molecule has 0 aliphatic carbocycles. The van der Waals surface area contributed by atoms with Crippen molar-refractivity contribution in [2.75, 3.05) is 31.6 Å². The van der Waals surface area contributed by atoms with E-state index in [2.05, 4.69) is 5.32 Å². The van der Waals surface area contributed by atoms with Crippen molar-refractivity contribution in [2.45, 2.75) is 19.8 Å². The van der Waals surface area contributed by atoms with Gasteiger partial charge in [-0.2, -0.15) is 0 Å². The summed E-state index contributed by atoms with van der Waals surface area (Å²) < 4.78 is 10.8. The number of carbonyl (C=O) groups excluding carboxylic acids is 1. The number of nitrogens with one attached hydrogen (secondary N) is 1. The Morgan fingerprint density at radius 2 is 2.06 bits per heavy atom. The molecule has 7 heteroatoms. The molecule has 0 rings (SSSR count). The zero-order chi connectivity index (χ0) is 13.3. The SMILES string of the molecule is CCCN(CC(=O)O)C(=O)NCCCS(C)=O. The number of hydrogen-bond donors (Lipinski definition) is 2. The van der Waals surface area contributed by atoms with Crippen molar-refractivity contribution in [2.24, 2.45) is 0 Å². The Morgan fingerprint density at radius 1 is 1.41 bits per heavy atom. The maximum Gasteiger partial charge on any atom is 0.323 e. The quantitative estimate of drug-likeness (QED) is 0.616. The Hall–Kier alpha value is -1.11. The highest BCUT2D eigenvalue weighted by atomic mass is 32.2. The molecule has 1 atom stereocenters. The van der Waals surface area contributed by atoms with Gasteiger partial charge >= 0.3 is 12.0 Å². The Kier molecular flexibility index (Phi) is 8.39. The molecule has 1 unspecified atom stereocenters. The van der Waals surface area contributed by atoms with Crippen molar-refractivity contribution in [1.82, 2.24) is 10.2 Å². The van der Waals surface area contributed by atoms with Crippen molar-refractivity contribution in [1.29, 1.82) is 0 Å². The Morgan fingerprint density at radius 3 is 2.53 bits per heavy atom. The monoisotopic (exact) mass is 264 g/mol. The van der Waals surface area contributed by atoms with Crippen LogP contribution in [0.1, 0.15) is 19.8 Å². The summed E-state index contributed by atoms with van der Waals surface area (Å²) in [7, 11) is -0.863. The largest absolute Gasteiger partial charge is 0.480 e. The molecular formula is C10H20N2O4S. The predicted octanol–water partition coefficient (Wildman–Crippen LogP) is 0.261. The van der Waals surface area contributed by atoms with Gasteiger partial charge < -0.3 is 15.3 Å². The second-order valence-electron chi connectivity index (χ2n) is 3.68. The van der Waals surface area contributed by atoms with Crippen LogP contribution in [0.3, 0.4) is 0 Å². The second-order valence-corrected chi connectivity index (χ2v) is 5.23. The molecule has 0 aromatic heterocycles. The van der Waals surface area contributed by atoms with E-state index in [1.54, 1.807) is 6.26 Å². The fourth-order valence-electron chi connectivity index (χ4n) is 1.27. The van der Waals surface area contributed by atoms with E-state index < -0.39 is 16.8 Å². The summed E-state index contributed by atoms with van der Waals surface area (Å²) in [5.41, 5.74) is 0. The standard InChI is InChI=1S/C10H20N2O4S/c1-3-6-12(8-9(13)14)10(15)11-5-4-7-17(2)16/h3-8H2,1-2H3,(H,11,15)(H,13,14). The van der Waals surface area contributed by atoms with Crippen LogP contribution in [0.15, 0.2) is 0 Å². The van der Waals surface area contributed by atoms with Crippen LogP contribution in [0.4, 0.5) is 4.79 Å². The molecule has 6 nitrogen and oxygen atoms in total. The normalized spacial score (nSPS) is 11.9. The molecule has 2 N–H and O–H groups in total. The second kappa shape index (κ2) is 8.98. The lowest BCUT2D eigenvalue weighted by Crippen LogP contribution is -2.43. The molecule has 0 aliphatic rings. The van der Waals surface area contributed by atoms with Gasteiger partial charge in [0, 0.05) is 35.9 Å². The van der Waals surface area contributed by atoms with E-state index in [-0.39, 0.29) is 12.6 Å². The van der Waals surface area contributed by atoms with Gasteiger partial charge in [-0.25, -0.2) is 4.79 Å². The van der Waals surface area contributed by atoms with Gasteiger partial charge in [0.15, 0.2) is 0 Å². The number of rotatable bonds is 8. The minimum Gasteiger partial charge on any atom is -0.480 e. The van der Waals surface area contributed by atoms with Crippen molar-refractivity contribution < 1.29 is 18.9 Å². The third-order valence-electron chi connectivity index (χ3n) is 1.99. The van der Waals surface area contributed by atoms with E-state index in [0.29, 0.717) is 31.7 Å². The fraction of sp³-hybridized carbons (Fsp3) is 0.800. The first kappa shape index (κ1) is 15.9. The molecule has 0 bridgehead atoms. The van der Waals surface area contributed by atoms with Crippen LogP contribution in [-0.4, -0.2) is 57.9 Å². The van der Waals surface area contributed by atoms with Gasteiger partial charge in [-0.3, -0.25) is 9.00 Å². The molecule has 17 heavy (non-hydrogen) atoms. The first-order chi connectivity index (χ1) is 7.97. The summed E-state index contributed by atoms with van der Waals surface area (Å²) in [6.45, 7) is 2.41. The topological polar surface area (TPSA) is 86.7 Å². The number of nitrogens with zero attached hydrogens (tertiary/aromatic N) is 1. The number of aliphatic carboxylic acids is 1. The van der Waals surface area contributed by atoms with E-state index in [1.807, 2.05) is 6.92 Å². The van der Waals surface area contributed by atoms with E-state index in [4.69, 9.17) is 5.11 Å². The molecule has 100 valence electrons. The number of amides is 2. The van der Waals surface area contributed by atoms with Gasteiger partial charge in [-0.1, -0.05) is 6.92 Å². The molecule has 0 heterocycles. The van der Waals surface area contributed by atoms with Crippen LogP contribution in [0, 0.1) is 0 Å². The molecule has 2 amide bonds. The molecule has 0 aliphatic heterocycles. The number of urea groups is 1. The Balaban J connectivity index is 3.96. The zero-order valence-corrected chi connectivity index (χ0v) is 11.1. The lowest BCUT2D eigenvalue weighted by molar-refractivity contribution is -0.137. The van der Waals surface area contributed by atoms with Gasteiger partial charge in [0.05, 0.1) is 0 Å². The minimum absolute atomic E-state index is 0.292. The fourth-order valence-corrected chi connectivity index (χ4v) is 1.82. The molecule has 0 saturated heterocycles. The molecule has 0 aromatic carbocycles. The van der Waals surface area contributed by atoms with Crippen LogP contribution in [0.2, 0.25) is 0 Å². The first-order valence-corrected chi connectivity index (χ1v) is 7.24. The van der Waals surface area contributed by atoms with E-state index in [9.17, 15) is 13.8 Å². The van der Waals surface area contributed by atoms with Gasteiger partial charge in [0.1, 0.15) is 6.54 Å². The highest BCUT2D eigenvalue weighted by molar-refractivity contribution is 7.84. The summed E-state index contributed by atoms with van der Waals surface area (Å²) in [6.07, 6.45) is 2.94. The Bertz CT molecular complexity index is 283. The lowest BCUT2D eigenvalue weighted by Gasteiger charge is -2.20. The van der Waals surface area contributed by atoms with Crippen molar-refractivity contribution in [3.8, 4) is 0 Å². The first-order valence-electron chi connectivity index (χ1n) is 5.52. The molecular weight excluding hydrogens is 244 g/mol. The van der Waals surface area contributed by atoms with Crippen molar-refractivity contribution >= 4 is 22.8 Å². The number of carboxylic acid groups (broad SMARTS) is 1.